The second-order valence-electron chi connectivity index (χ2n) is 9.57. The van der Waals surface area contributed by atoms with Gasteiger partial charge in [-0.2, -0.15) is 5.10 Å². The van der Waals surface area contributed by atoms with Gasteiger partial charge in [0.05, 0.1) is 30.8 Å². The molecule has 1 fully saturated rings. The van der Waals surface area contributed by atoms with Crippen molar-refractivity contribution < 1.29 is 24.1 Å². The highest BCUT2D eigenvalue weighted by Gasteiger charge is 2.38. The monoisotopic (exact) mass is 469 g/mol. The highest BCUT2D eigenvalue weighted by Crippen LogP contribution is 2.43. The fraction of sp³-hybridized carbons (Fsp3) is 0.458. The number of nitrogens with one attached hydrogen (secondary N) is 1. The van der Waals surface area contributed by atoms with E-state index in [1.807, 2.05) is 30.9 Å². The third kappa shape index (κ3) is 3.97. The zero-order valence-electron chi connectivity index (χ0n) is 19.2. The normalized spacial score (nSPS) is 21.4. The van der Waals surface area contributed by atoms with Gasteiger partial charge in [0.25, 0.3) is 5.91 Å². The predicted octanol–water partition coefficient (Wildman–Crippen LogP) is 2.28. The number of alkyl halides is 1. The van der Waals surface area contributed by atoms with Crippen LogP contribution in [-0.4, -0.2) is 68.3 Å². The van der Waals surface area contributed by atoms with E-state index in [2.05, 4.69) is 15.4 Å². The second kappa shape index (κ2) is 8.21. The molecule has 1 aromatic carbocycles. The Morgan fingerprint density at radius 1 is 1.24 bits per heavy atom. The molecule has 4 heterocycles. The first-order chi connectivity index (χ1) is 16.2. The van der Waals surface area contributed by atoms with E-state index in [4.69, 9.17) is 4.74 Å². The molecule has 1 amide bonds. The molecule has 5 rings (SSSR count). The standard InChI is InChI=1S/C24H28FN5O4/c1-15-10-26-21-17(11-27-30(21)12-15)22(33)28-18-7-16-9-23(2,13-31)34-20(16)8-19(18)29-5-3-24(25,14-32)4-6-29/h7-8,10-12,31-32H,3-6,9,13-14H2,1-2H3,(H,28,33). The third-order valence-electron chi connectivity index (χ3n) is 6.70. The number of piperidine rings is 1. The molecule has 0 saturated carbocycles. The Bertz CT molecular complexity index is 1250. The van der Waals surface area contributed by atoms with Gasteiger partial charge in [0.15, 0.2) is 5.65 Å². The Morgan fingerprint density at radius 3 is 2.71 bits per heavy atom. The predicted molar refractivity (Wildman–Crippen MR) is 124 cm³/mol. The van der Waals surface area contributed by atoms with Crippen molar-refractivity contribution >= 4 is 22.9 Å². The van der Waals surface area contributed by atoms with Crippen molar-refractivity contribution in [2.45, 2.75) is 44.4 Å². The lowest BCUT2D eigenvalue weighted by atomic mass is 9.93. The minimum atomic E-state index is -1.59. The van der Waals surface area contributed by atoms with Gasteiger partial charge in [-0.1, -0.05) is 0 Å². The number of fused-ring (bicyclic) bond motifs is 2. The minimum Gasteiger partial charge on any atom is -0.484 e. The van der Waals surface area contributed by atoms with E-state index in [0.29, 0.717) is 47.8 Å². The summed E-state index contributed by atoms with van der Waals surface area (Å²) in [5, 5.41) is 26.4. The number of rotatable bonds is 5. The molecule has 34 heavy (non-hydrogen) atoms. The van der Waals surface area contributed by atoms with E-state index >= 15 is 0 Å². The van der Waals surface area contributed by atoms with E-state index < -0.39 is 17.9 Å². The van der Waals surface area contributed by atoms with Crippen LogP contribution in [0.3, 0.4) is 0 Å². The summed E-state index contributed by atoms with van der Waals surface area (Å²) in [5.41, 5.74) is 1.52. The van der Waals surface area contributed by atoms with Gasteiger partial charge < -0.3 is 25.2 Å². The Kier molecular flexibility index (Phi) is 5.44. The highest BCUT2D eigenvalue weighted by molar-refractivity contribution is 6.09. The van der Waals surface area contributed by atoms with Crippen LogP contribution >= 0.6 is 0 Å². The molecule has 180 valence electrons. The third-order valence-corrected chi connectivity index (χ3v) is 6.70. The SMILES string of the molecule is Cc1cnc2c(C(=O)Nc3cc4c(cc3N3CCC(F)(CO)CC3)OC(C)(CO)C4)cnn2c1. The molecule has 3 aromatic rings. The molecule has 0 radical (unpaired) electrons. The molecular weight excluding hydrogens is 441 g/mol. The van der Waals surface area contributed by atoms with Gasteiger partial charge in [0.2, 0.25) is 0 Å². The van der Waals surface area contributed by atoms with Gasteiger partial charge in [-0.25, -0.2) is 13.9 Å². The molecule has 0 bridgehead atoms. The lowest BCUT2D eigenvalue weighted by Gasteiger charge is -2.37. The van der Waals surface area contributed by atoms with Crippen molar-refractivity contribution in [3.8, 4) is 5.75 Å². The van der Waals surface area contributed by atoms with Crippen LogP contribution in [-0.2, 0) is 6.42 Å². The van der Waals surface area contributed by atoms with Crippen LogP contribution < -0.4 is 15.0 Å². The van der Waals surface area contributed by atoms with Crippen molar-refractivity contribution in [2.24, 2.45) is 0 Å². The van der Waals surface area contributed by atoms with E-state index in [-0.39, 0.29) is 25.4 Å². The largest absolute Gasteiger partial charge is 0.484 e. The molecule has 2 aliphatic heterocycles. The maximum absolute atomic E-state index is 14.6. The quantitative estimate of drug-likeness (QED) is 0.526. The van der Waals surface area contributed by atoms with Gasteiger partial charge in [0, 0.05) is 56.4 Å². The zero-order valence-corrected chi connectivity index (χ0v) is 19.2. The Labute approximate surface area is 196 Å². The lowest BCUT2D eigenvalue weighted by Crippen LogP contribution is -2.44. The first kappa shape index (κ1) is 22.5. The maximum Gasteiger partial charge on any atom is 0.261 e. The minimum absolute atomic E-state index is 0.142. The van der Waals surface area contributed by atoms with Crippen molar-refractivity contribution in [1.82, 2.24) is 14.6 Å². The van der Waals surface area contributed by atoms with Crippen LogP contribution in [0.5, 0.6) is 5.75 Å². The Hall–Kier alpha value is -3.24. The number of aliphatic hydroxyl groups excluding tert-OH is 2. The van der Waals surface area contributed by atoms with Gasteiger partial charge in [-0.05, 0) is 25.5 Å². The van der Waals surface area contributed by atoms with Gasteiger partial charge in [0.1, 0.15) is 22.6 Å². The van der Waals surface area contributed by atoms with Crippen molar-refractivity contribution in [3.05, 3.63) is 47.4 Å². The number of hydrogen-bond donors (Lipinski definition) is 3. The molecule has 1 saturated heterocycles. The summed E-state index contributed by atoms with van der Waals surface area (Å²) < 4.78 is 22.2. The summed E-state index contributed by atoms with van der Waals surface area (Å²) in [5.74, 6) is 0.278. The van der Waals surface area contributed by atoms with Crippen molar-refractivity contribution in [2.75, 3.05) is 36.5 Å². The number of hydrogen-bond acceptors (Lipinski definition) is 7. The first-order valence-corrected chi connectivity index (χ1v) is 11.4. The average molecular weight is 470 g/mol. The topological polar surface area (TPSA) is 112 Å². The Balaban J connectivity index is 1.49. The number of aryl methyl sites for hydroxylation is 1. The van der Waals surface area contributed by atoms with Gasteiger partial charge in [-0.15, -0.1) is 0 Å². The fourth-order valence-electron chi connectivity index (χ4n) is 4.63. The number of carbonyl (C=O) groups excluding carboxylic acids is 1. The van der Waals surface area contributed by atoms with Crippen molar-refractivity contribution in [1.29, 1.82) is 0 Å². The number of halogens is 1. The number of nitrogens with zero attached hydrogens (tertiary/aromatic N) is 4. The molecular formula is C24H28FN5O4. The summed E-state index contributed by atoms with van der Waals surface area (Å²) in [6.07, 6.45) is 5.82. The van der Waals surface area contributed by atoms with Crippen LogP contribution in [0.25, 0.3) is 5.65 Å². The number of ether oxygens (including phenoxy) is 1. The van der Waals surface area contributed by atoms with Crippen molar-refractivity contribution in [3.63, 3.8) is 0 Å². The molecule has 3 N–H and O–H groups in total. The van der Waals surface area contributed by atoms with Crippen LogP contribution in [0.2, 0.25) is 0 Å². The molecule has 1 atom stereocenters. The van der Waals surface area contributed by atoms with Gasteiger partial charge >= 0.3 is 0 Å². The van der Waals surface area contributed by atoms with E-state index in [0.717, 1.165) is 11.1 Å². The second-order valence-corrected chi connectivity index (χ2v) is 9.57. The number of benzene rings is 1. The summed E-state index contributed by atoms with van der Waals surface area (Å²) in [6.45, 7) is 3.84. The summed E-state index contributed by atoms with van der Waals surface area (Å²) in [7, 11) is 0. The lowest BCUT2D eigenvalue weighted by molar-refractivity contribution is 0.0445. The maximum atomic E-state index is 14.6. The number of amides is 1. The summed E-state index contributed by atoms with van der Waals surface area (Å²) >= 11 is 0. The zero-order chi connectivity index (χ0) is 24.1. The Morgan fingerprint density at radius 2 is 2.00 bits per heavy atom. The smallest absolute Gasteiger partial charge is 0.261 e. The van der Waals surface area contributed by atoms with E-state index in [9.17, 15) is 19.4 Å². The van der Waals surface area contributed by atoms with Crippen LogP contribution in [0.15, 0.2) is 30.7 Å². The number of carbonyl (C=O) groups is 1. The molecule has 2 aromatic heterocycles. The number of aromatic nitrogens is 3. The first-order valence-electron chi connectivity index (χ1n) is 11.4. The summed E-state index contributed by atoms with van der Waals surface area (Å²) in [6, 6.07) is 3.70. The number of anilines is 2. The molecule has 9 nitrogen and oxygen atoms in total. The highest BCUT2D eigenvalue weighted by atomic mass is 19.1. The average Bonchev–Trinajstić information content (AvgIpc) is 3.39. The molecule has 1 unspecified atom stereocenters. The molecule has 0 aliphatic carbocycles. The molecule has 10 heteroatoms. The van der Waals surface area contributed by atoms with E-state index in [1.165, 1.54) is 6.20 Å². The fourth-order valence-corrected chi connectivity index (χ4v) is 4.63. The van der Waals surface area contributed by atoms with Crippen LogP contribution in [0, 0.1) is 6.92 Å². The summed E-state index contributed by atoms with van der Waals surface area (Å²) in [4.78, 5) is 19.6. The van der Waals surface area contributed by atoms with Gasteiger partial charge in [-0.3, -0.25) is 4.79 Å². The van der Waals surface area contributed by atoms with E-state index in [1.54, 1.807) is 16.9 Å². The van der Waals surface area contributed by atoms with Crippen LogP contribution in [0.4, 0.5) is 15.8 Å². The molecule has 0 spiro atoms. The molecule has 2 aliphatic rings. The number of aliphatic hydroxyl groups is 2. The van der Waals surface area contributed by atoms with Crippen LogP contribution in [0.1, 0.15) is 41.3 Å².